The summed E-state index contributed by atoms with van der Waals surface area (Å²) in [6.07, 6.45) is -2.65. The number of halogens is 2. The van der Waals surface area contributed by atoms with Gasteiger partial charge in [-0.15, -0.1) is 0 Å². The number of carbonyl (C=O) groups is 1. The molecule has 4 unspecified atom stereocenters. The number of benzene rings is 2. The van der Waals surface area contributed by atoms with E-state index in [2.05, 4.69) is 10.5 Å². The van der Waals surface area contributed by atoms with Crippen LogP contribution in [0.15, 0.2) is 51.8 Å². The third-order valence-electron chi connectivity index (χ3n) is 6.37. The largest absolute Gasteiger partial charge is 0.388 e. The normalized spacial score (nSPS) is 22.5. The smallest absolute Gasteiger partial charge is 0.264 e. The molecule has 1 fully saturated rings. The number of aryl methyl sites for hydroxylation is 1. The van der Waals surface area contributed by atoms with Crippen molar-refractivity contribution >= 4 is 39.3 Å². The second-order valence-electron chi connectivity index (χ2n) is 8.54. The van der Waals surface area contributed by atoms with Crippen LogP contribution in [0.25, 0.3) is 21.8 Å². The first-order chi connectivity index (χ1) is 16.3. The highest BCUT2D eigenvalue weighted by molar-refractivity contribution is 6.37. The van der Waals surface area contributed by atoms with Gasteiger partial charge in [0.15, 0.2) is 0 Å². The van der Waals surface area contributed by atoms with E-state index in [0.717, 1.165) is 0 Å². The molecule has 2 aromatic heterocycles. The average Bonchev–Trinajstić information content (AvgIpc) is 3.29. The third kappa shape index (κ3) is 3.66. The van der Waals surface area contributed by atoms with Crippen molar-refractivity contribution in [2.75, 3.05) is 0 Å². The lowest BCUT2D eigenvalue weighted by molar-refractivity contribution is -0.122. The van der Waals surface area contributed by atoms with Crippen LogP contribution in [0.5, 0.6) is 0 Å². The number of hydrogen-bond donors (Lipinski definition) is 3. The van der Waals surface area contributed by atoms with Crippen molar-refractivity contribution in [3.8, 4) is 0 Å². The van der Waals surface area contributed by atoms with Gasteiger partial charge in [0.05, 0.1) is 29.0 Å². The molecule has 1 saturated carbocycles. The number of nitrogens with zero attached hydrogens (tertiary/aromatic N) is 2. The minimum atomic E-state index is -1.34. The van der Waals surface area contributed by atoms with Crippen LogP contribution in [0.4, 0.5) is 4.39 Å². The summed E-state index contributed by atoms with van der Waals surface area (Å²) >= 11 is 6.43. The lowest BCUT2D eigenvalue weighted by Crippen LogP contribution is -2.43. The van der Waals surface area contributed by atoms with E-state index in [-0.39, 0.29) is 18.2 Å². The van der Waals surface area contributed by atoms with Crippen molar-refractivity contribution in [2.24, 2.45) is 0 Å². The van der Waals surface area contributed by atoms with Crippen molar-refractivity contribution in [3.63, 3.8) is 0 Å². The summed E-state index contributed by atoms with van der Waals surface area (Å²) in [4.78, 5) is 26.0. The third-order valence-corrected chi connectivity index (χ3v) is 6.68. The van der Waals surface area contributed by atoms with Gasteiger partial charge in [-0.2, -0.15) is 0 Å². The molecule has 8 nitrogen and oxygen atoms in total. The van der Waals surface area contributed by atoms with Gasteiger partial charge in [-0.05, 0) is 43.2 Å². The summed E-state index contributed by atoms with van der Waals surface area (Å²) < 4.78 is 20.1. The molecule has 0 radical (unpaired) electrons. The van der Waals surface area contributed by atoms with E-state index < -0.39 is 41.6 Å². The Labute approximate surface area is 197 Å². The zero-order valence-corrected chi connectivity index (χ0v) is 18.8. The monoisotopic (exact) mass is 485 g/mol. The fourth-order valence-electron chi connectivity index (χ4n) is 4.80. The molecule has 0 saturated heterocycles. The van der Waals surface area contributed by atoms with Crippen LogP contribution in [0.2, 0.25) is 5.02 Å². The first kappa shape index (κ1) is 22.5. The molecule has 5 rings (SSSR count). The Morgan fingerprint density at radius 3 is 2.76 bits per heavy atom. The van der Waals surface area contributed by atoms with Gasteiger partial charge in [0.2, 0.25) is 5.91 Å². The molecule has 0 spiro atoms. The molecule has 3 N–H and O–H groups in total. The Balaban J connectivity index is 1.51. The van der Waals surface area contributed by atoms with E-state index >= 15 is 0 Å². The molecule has 1 aliphatic rings. The number of fused-ring (bicyclic) bond motifs is 3. The van der Waals surface area contributed by atoms with E-state index in [1.54, 1.807) is 31.2 Å². The summed E-state index contributed by atoms with van der Waals surface area (Å²) in [7, 11) is 0. The highest BCUT2D eigenvalue weighted by Gasteiger charge is 2.44. The van der Waals surface area contributed by atoms with E-state index in [0.29, 0.717) is 32.8 Å². The number of amides is 1. The van der Waals surface area contributed by atoms with Crippen LogP contribution in [-0.4, -0.2) is 44.1 Å². The highest BCUT2D eigenvalue weighted by atomic mass is 35.5. The van der Waals surface area contributed by atoms with Crippen LogP contribution < -0.4 is 10.9 Å². The standard InChI is InChI=1S/C24H21ClFN3O5/c1-11-19-21(28-34-11)20-14(25)6-3-7-16(20)29(24(19)33)17-10-15(22(31)23(17)32)27-18(30)9-12-4-2-5-13(26)8-12/h2-8,15,17,22-23,31-32H,9-10H2,1H3,(H,27,30). The predicted octanol–water partition coefficient (Wildman–Crippen LogP) is 2.64. The lowest BCUT2D eigenvalue weighted by atomic mass is 10.1. The Kier molecular flexibility index (Phi) is 5.63. The number of aromatic nitrogens is 2. The SMILES string of the molecule is Cc1onc2c1c(=O)n(C1CC(NC(=O)Cc3cccc(F)c3)C(O)C1O)c1cccc(Cl)c21. The summed E-state index contributed by atoms with van der Waals surface area (Å²) in [6, 6.07) is 9.03. The summed E-state index contributed by atoms with van der Waals surface area (Å²) in [6.45, 7) is 1.61. The maximum atomic E-state index is 13.5. The van der Waals surface area contributed by atoms with E-state index in [1.165, 1.54) is 22.8 Å². The van der Waals surface area contributed by atoms with Gasteiger partial charge in [-0.25, -0.2) is 4.39 Å². The zero-order valence-electron chi connectivity index (χ0n) is 18.0. The Bertz CT molecular complexity index is 1480. The fraction of sp³-hybridized carbons (Fsp3) is 0.292. The number of aliphatic hydroxyl groups is 2. The summed E-state index contributed by atoms with van der Waals surface area (Å²) in [5, 5.41) is 29.4. The molecule has 10 heteroatoms. The first-order valence-electron chi connectivity index (χ1n) is 10.7. The van der Waals surface area contributed by atoms with Gasteiger partial charge < -0.3 is 24.6 Å². The minimum absolute atomic E-state index is 0.0912. The zero-order chi connectivity index (χ0) is 24.1. The molecule has 2 aromatic carbocycles. The van der Waals surface area contributed by atoms with Crippen molar-refractivity contribution in [2.45, 2.75) is 44.1 Å². The average molecular weight is 486 g/mol. The van der Waals surface area contributed by atoms with Crippen LogP contribution >= 0.6 is 11.6 Å². The van der Waals surface area contributed by atoms with Gasteiger partial charge in [0, 0.05) is 5.39 Å². The molecule has 4 aromatic rings. The number of rotatable bonds is 4. The number of nitrogens with one attached hydrogen (secondary N) is 1. The Hall–Kier alpha value is -3.27. The van der Waals surface area contributed by atoms with Crippen molar-refractivity contribution in [1.82, 2.24) is 15.0 Å². The fourth-order valence-corrected chi connectivity index (χ4v) is 5.06. The molecule has 2 heterocycles. The highest BCUT2D eigenvalue weighted by Crippen LogP contribution is 2.36. The molecule has 1 aliphatic carbocycles. The molecule has 176 valence electrons. The summed E-state index contributed by atoms with van der Waals surface area (Å²) in [5.74, 6) is -0.581. The first-order valence-corrected chi connectivity index (χ1v) is 11.1. The molecule has 4 atom stereocenters. The van der Waals surface area contributed by atoms with Gasteiger partial charge in [-0.3, -0.25) is 9.59 Å². The van der Waals surface area contributed by atoms with E-state index in [9.17, 15) is 24.2 Å². The molecule has 1 amide bonds. The van der Waals surface area contributed by atoms with Gasteiger partial charge >= 0.3 is 0 Å². The Morgan fingerprint density at radius 2 is 2.00 bits per heavy atom. The van der Waals surface area contributed by atoms with Crippen molar-refractivity contribution in [1.29, 1.82) is 0 Å². The number of carbonyl (C=O) groups excluding carboxylic acids is 1. The van der Waals surface area contributed by atoms with Gasteiger partial charge in [-0.1, -0.05) is 35.0 Å². The van der Waals surface area contributed by atoms with Crippen molar-refractivity contribution < 1.29 is 23.9 Å². The predicted molar refractivity (Wildman–Crippen MR) is 123 cm³/mol. The van der Waals surface area contributed by atoms with E-state index in [1.807, 2.05) is 0 Å². The summed E-state index contributed by atoms with van der Waals surface area (Å²) in [5.41, 5.74) is 0.799. The molecular formula is C24H21ClFN3O5. The maximum Gasteiger partial charge on any atom is 0.264 e. The van der Waals surface area contributed by atoms with Gasteiger partial charge in [0.25, 0.3) is 5.56 Å². The Morgan fingerprint density at radius 1 is 1.24 bits per heavy atom. The maximum absolute atomic E-state index is 13.5. The van der Waals surface area contributed by atoms with E-state index in [4.69, 9.17) is 16.1 Å². The topological polar surface area (TPSA) is 118 Å². The molecule has 0 bridgehead atoms. The molecule has 34 heavy (non-hydrogen) atoms. The van der Waals surface area contributed by atoms with Crippen molar-refractivity contribution in [3.05, 3.63) is 75.0 Å². The molecule has 0 aliphatic heterocycles. The van der Waals surface area contributed by atoms with Crippen LogP contribution in [0, 0.1) is 12.7 Å². The number of hydrogen-bond acceptors (Lipinski definition) is 6. The van der Waals surface area contributed by atoms with Crippen LogP contribution in [-0.2, 0) is 11.2 Å². The lowest BCUT2D eigenvalue weighted by Gasteiger charge is -2.21. The minimum Gasteiger partial charge on any atom is -0.388 e. The molecular weight excluding hydrogens is 465 g/mol. The van der Waals surface area contributed by atoms with Crippen LogP contribution in [0.1, 0.15) is 23.8 Å². The number of pyridine rings is 1. The quantitative estimate of drug-likeness (QED) is 0.409. The number of aliphatic hydroxyl groups excluding tert-OH is 2. The second kappa shape index (κ2) is 8.50. The van der Waals surface area contributed by atoms with Gasteiger partial charge in [0.1, 0.15) is 34.7 Å². The second-order valence-corrected chi connectivity index (χ2v) is 8.94. The van der Waals surface area contributed by atoms with Crippen LogP contribution in [0.3, 0.4) is 0 Å².